The fourth-order valence-corrected chi connectivity index (χ4v) is 3.48. The van der Waals surface area contributed by atoms with Gasteiger partial charge in [-0.3, -0.25) is 14.4 Å². The molecule has 8 nitrogen and oxygen atoms in total. The number of nitrogens with one attached hydrogen (secondary N) is 2. The molecule has 11 heteroatoms. The number of aryl methyl sites for hydroxylation is 1. The van der Waals surface area contributed by atoms with Gasteiger partial charge in [0.15, 0.2) is 5.01 Å². The molecule has 0 saturated carbocycles. The Bertz CT molecular complexity index is 1170. The van der Waals surface area contributed by atoms with Gasteiger partial charge >= 0.3 is 5.97 Å². The standard InChI is InChI=1S/C23H22F2N4O4S/c1-2-14-5-8-16(9-6-14)27-22(32)23-29-28-19(34-23)13-33-20(30)4-3-11-26-21(31)17-10-7-15(24)12-18(17)25/h5-10,12H,2-4,11,13H2,1H3,(H,26,31)(H,27,32). The van der Waals surface area contributed by atoms with E-state index in [9.17, 15) is 23.2 Å². The molecule has 34 heavy (non-hydrogen) atoms. The second kappa shape index (κ2) is 11.9. The maximum Gasteiger partial charge on any atom is 0.306 e. The number of rotatable bonds is 10. The normalized spacial score (nSPS) is 10.6. The molecule has 3 aromatic rings. The van der Waals surface area contributed by atoms with Gasteiger partial charge in [-0.15, -0.1) is 10.2 Å². The highest BCUT2D eigenvalue weighted by Crippen LogP contribution is 2.15. The summed E-state index contributed by atoms with van der Waals surface area (Å²) in [7, 11) is 0. The van der Waals surface area contributed by atoms with Gasteiger partial charge < -0.3 is 15.4 Å². The van der Waals surface area contributed by atoms with Gasteiger partial charge in [0.1, 0.15) is 18.2 Å². The quantitative estimate of drug-likeness (QED) is 0.331. The van der Waals surface area contributed by atoms with E-state index in [0.717, 1.165) is 35.5 Å². The fourth-order valence-electron chi connectivity index (χ4n) is 2.83. The highest BCUT2D eigenvalue weighted by atomic mass is 32.1. The summed E-state index contributed by atoms with van der Waals surface area (Å²) in [6.07, 6.45) is 1.16. The Morgan fingerprint density at radius 2 is 1.79 bits per heavy atom. The SMILES string of the molecule is CCc1ccc(NC(=O)c2nnc(COC(=O)CCCNC(=O)c3ccc(F)cc3F)s2)cc1. The van der Waals surface area contributed by atoms with E-state index in [0.29, 0.717) is 16.8 Å². The fraction of sp³-hybridized carbons (Fsp3) is 0.261. The number of amides is 2. The van der Waals surface area contributed by atoms with E-state index in [4.69, 9.17) is 4.74 Å². The zero-order valence-electron chi connectivity index (χ0n) is 18.3. The average molecular weight is 489 g/mol. The van der Waals surface area contributed by atoms with Crippen molar-refractivity contribution in [3.05, 3.63) is 75.2 Å². The van der Waals surface area contributed by atoms with Gasteiger partial charge in [-0.2, -0.15) is 0 Å². The molecule has 2 aromatic carbocycles. The van der Waals surface area contributed by atoms with Gasteiger partial charge in [-0.25, -0.2) is 8.78 Å². The van der Waals surface area contributed by atoms with Gasteiger partial charge in [0.2, 0.25) is 5.01 Å². The Morgan fingerprint density at radius 1 is 1.03 bits per heavy atom. The number of carbonyl (C=O) groups is 3. The van der Waals surface area contributed by atoms with Crippen LogP contribution in [0.2, 0.25) is 0 Å². The Kier molecular flexibility index (Phi) is 8.74. The van der Waals surface area contributed by atoms with Crippen molar-refractivity contribution in [2.75, 3.05) is 11.9 Å². The number of ether oxygens (including phenoxy) is 1. The zero-order chi connectivity index (χ0) is 24.5. The minimum Gasteiger partial charge on any atom is -0.458 e. The molecule has 2 amide bonds. The van der Waals surface area contributed by atoms with Crippen LogP contribution >= 0.6 is 11.3 Å². The lowest BCUT2D eigenvalue weighted by atomic mass is 10.1. The summed E-state index contributed by atoms with van der Waals surface area (Å²) < 4.78 is 31.6. The molecular formula is C23H22F2N4O4S. The van der Waals surface area contributed by atoms with E-state index in [1.165, 1.54) is 0 Å². The van der Waals surface area contributed by atoms with Gasteiger partial charge in [-0.05, 0) is 42.7 Å². The minimum atomic E-state index is -0.962. The number of carbonyl (C=O) groups excluding carboxylic acids is 3. The number of hydrogen-bond acceptors (Lipinski definition) is 7. The van der Waals surface area contributed by atoms with Crippen molar-refractivity contribution in [3.8, 4) is 0 Å². The number of benzene rings is 2. The topological polar surface area (TPSA) is 110 Å². The molecule has 0 bridgehead atoms. The molecule has 0 unspecified atom stereocenters. The van der Waals surface area contributed by atoms with Crippen molar-refractivity contribution in [2.24, 2.45) is 0 Å². The summed E-state index contributed by atoms with van der Waals surface area (Å²) in [5, 5.41) is 13.4. The minimum absolute atomic E-state index is 0.00603. The summed E-state index contributed by atoms with van der Waals surface area (Å²) >= 11 is 1.01. The predicted octanol–water partition coefficient (Wildman–Crippen LogP) is 3.88. The van der Waals surface area contributed by atoms with E-state index >= 15 is 0 Å². The zero-order valence-corrected chi connectivity index (χ0v) is 19.1. The second-order valence-corrected chi connectivity index (χ2v) is 8.21. The monoisotopic (exact) mass is 488 g/mol. The van der Waals surface area contributed by atoms with Crippen LogP contribution in [0, 0.1) is 11.6 Å². The Labute approximate surface area is 198 Å². The molecule has 2 N–H and O–H groups in total. The van der Waals surface area contributed by atoms with Crippen LogP contribution in [-0.4, -0.2) is 34.5 Å². The third-order valence-corrected chi connectivity index (χ3v) is 5.55. The van der Waals surface area contributed by atoms with Crippen molar-refractivity contribution < 1.29 is 27.9 Å². The highest BCUT2D eigenvalue weighted by Gasteiger charge is 2.15. The van der Waals surface area contributed by atoms with Crippen LogP contribution < -0.4 is 10.6 Å². The first kappa shape index (κ1) is 24.9. The number of esters is 1. The number of aromatic nitrogens is 2. The van der Waals surface area contributed by atoms with Crippen LogP contribution in [0.25, 0.3) is 0 Å². The summed E-state index contributed by atoms with van der Waals surface area (Å²) in [5.41, 5.74) is 1.51. The molecule has 1 aromatic heterocycles. The van der Waals surface area contributed by atoms with Gasteiger partial charge in [0.25, 0.3) is 11.8 Å². The number of anilines is 1. The molecule has 178 valence electrons. The third-order valence-electron chi connectivity index (χ3n) is 4.66. The summed E-state index contributed by atoms with van der Waals surface area (Å²) in [6.45, 7) is 2.01. The van der Waals surface area contributed by atoms with Gasteiger partial charge in [-0.1, -0.05) is 30.4 Å². The van der Waals surface area contributed by atoms with Gasteiger partial charge in [0, 0.05) is 24.7 Å². The smallest absolute Gasteiger partial charge is 0.306 e. The van der Waals surface area contributed by atoms with E-state index in [1.54, 1.807) is 12.1 Å². The summed E-state index contributed by atoms with van der Waals surface area (Å²) in [5.74, 6) is -3.38. The molecule has 0 aliphatic heterocycles. The number of hydrogen-bond donors (Lipinski definition) is 2. The molecule has 0 spiro atoms. The van der Waals surface area contributed by atoms with E-state index in [2.05, 4.69) is 20.8 Å². The van der Waals surface area contributed by atoms with Crippen LogP contribution in [0.15, 0.2) is 42.5 Å². The first-order valence-electron chi connectivity index (χ1n) is 10.5. The number of halogens is 2. The molecule has 0 fully saturated rings. The van der Waals surface area contributed by atoms with Crippen molar-refractivity contribution in [1.29, 1.82) is 0 Å². The summed E-state index contributed by atoms with van der Waals surface area (Å²) in [6, 6.07) is 10.1. The van der Waals surface area contributed by atoms with Crippen LogP contribution in [0.4, 0.5) is 14.5 Å². The van der Waals surface area contributed by atoms with Crippen LogP contribution in [-0.2, 0) is 22.6 Å². The average Bonchev–Trinajstić information content (AvgIpc) is 3.30. The van der Waals surface area contributed by atoms with Crippen LogP contribution in [0.5, 0.6) is 0 Å². The molecule has 0 aliphatic carbocycles. The Balaban J connectivity index is 1.37. The van der Waals surface area contributed by atoms with Crippen molar-refractivity contribution >= 4 is 34.8 Å². The van der Waals surface area contributed by atoms with Crippen molar-refractivity contribution in [1.82, 2.24) is 15.5 Å². The van der Waals surface area contributed by atoms with E-state index in [1.807, 2.05) is 19.1 Å². The Hall–Kier alpha value is -3.73. The molecule has 0 saturated heterocycles. The lowest BCUT2D eigenvalue weighted by Crippen LogP contribution is -2.26. The first-order valence-corrected chi connectivity index (χ1v) is 11.3. The lowest BCUT2D eigenvalue weighted by Gasteiger charge is -2.06. The maximum absolute atomic E-state index is 13.6. The summed E-state index contributed by atoms with van der Waals surface area (Å²) in [4.78, 5) is 36.1. The molecular weight excluding hydrogens is 466 g/mol. The highest BCUT2D eigenvalue weighted by molar-refractivity contribution is 7.13. The van der Waals surface area contributed by atoms with Gasteiger partial charge in [0.05, 0.1) is 5.56 Å². The van der Waals surface area contributed by atoms with Crippen LogP contribution in [0.1, 0.15) is 50.5 Å². The van der Waals surface area contributed by atoms with Crippen molar-refractivity contribution in [2.45, 2.75) is 32.8 Å². The largest absolute Gasteiger partial charge is 0.458 e. The molecule has 3 rings (SSSR count). The third kappa shape index (κ3) is 7.14. The maximum atomic E-state index is 13.6. The Morgan fingerprint density at radius 3 is 2.50 bits per heavy atom. The number of nitrogens with zero attached hydrogens (tertiary/aromatic N) is 2. The van der Waals surface area contributed by atoms with Crippen molar-refractivity contribution in [3.63, 3.8) is 0 Å². The lowest BCUT2D eigenvalue weighted by molar-refractivity contribution is -0.145. The van der Waals surface area contributed by atoms with E-state index in [-0.39, 0.29) is 36.6 Å². The molecule has 1 heterocycles. The first-order chi connectivity index (χ1) is 16.4. The molecule has 0 aliphatic rings. The van der Waals surface area contributed by atoms with E-state index < -0.39 is 29.4 Å². The second-order valence-electron chi connectivity index (χ2n) is 7.15. The van der Waals surface area contributed by atoms with Crippen LogP contribution in [0.3, 0.4) is 0 Å². The molecule has 0 atom stereocenters. The predicted molar refractivity (Wildman–Crippen MR) is 121 cm³/mol. The molecule has 0 radical (unpaired) electrons.